The Morgan fingerprint density at radius 1 is 1.73 bits per heavy atom. The first kappa shape index (κ1) is 7.48. The van der Waals surface area contributed by atoms with Crippen molar-refractivity contribution in [2.24, 2.45) is 9.98 Å². The van der Waals surface area contributed by atoms with Crippen LogP contribution in [0.3, 0.4) is 0 Å². The lowest BCUT2D eigenvalue weighted by Crippen LogP contribution is -1.86. The number of aliphatic imine (C=N–C) groups is 2. The molecule has 1 heterocycles. The van der Waals surface area contributed by atoms with E-state index in [9.17, 15) is 0 Å². The van der Waals surface area contributed by atoms with Crippen LogP contribution in [0.4, 0.5) is 0 Å². The smallest absolute Gasteiger partial charge is 0.231 e. The maximum Gasteiger partial charge on any atom is 0.231 e. The van der Waals surface area contributed by atoms with Gasteiger partial charge in [-0.3, -0.25) is 0 Å². The Hall–Kier alpha value is -1.63. The Balaban J connectivity index is 2.83. The van der Waals surface area contributed by atoms with Crippen LogP contribution in [-0.4, -0.2) is 19.2 Å². The molecule has 0 N–H and O–H groups in total. The molecule has 0 saturated heterocycles. The summed E-state index contributed by atoms with van der Waals surface area (Å²) in [7, 11) is 1.56. The van der Waals surface area contributed by atoms with E-state index < -0.39 is 0 Å². The second-order valence-corrected chi connectivity index (χ2v) is 1.88. The second-order valence-electron chi connectivity index (χ2n) is 1.88. The molecule has 4 heteroatoms. The monoisotopic (exact) mass is 149 g/mol. The van der Waals surface area contributed by atoms with Crippen LogP contribution in [0.2, 0.25) is 0 Å². The minimum atomic E-state index is 0.164. The van der Waals surface area contributed by atoms with Crippen LogP contribution >= 0.6 is 0 Å². The summed E-state index contributed by atoms with van der Waals surface area (Å²) in [6, 6.07) is 1.84. The molecule has 1 aliphatic heterocycles. The summed E-state index contributed by atoms with van der Waals surface area (Å²) in [6.45, 7) is 0. The zero-order valence-electron chi connectivity index (χ0n) is 6.11. The number of allylic oxidation sites excluding steroid dienone is 1. The first-order valence-electron chi connectivity index (χ1n) is 3.10. The molecule has 56 valence electrons. The Morgan fingerprint density at radius 2 is 2.55 bits per heavy atom. The summed E-state index contributed by atoms with van der Waals surface area (Å²) < 4.78 is 4.92. The number of ether oxygens (including phenoxy) is 1. The van der Waals surface area contributed by atoms with Gasteiger partial charge in [0.25, 0.3) is 0 Å². The van der Waals surface area contributed by atoms with Gasteiger partial charge >= 0.3 is 0 Å². The standard InChI is InChI=1S/C7H7N3O/c1-11-6-2-3-9-7(4-8)10-5-6/h3,5H,2H2,1H3. The third-order valence-corrected chi connectivity index (χ3v) is 1.20. The van der Waals surface area contributed by atoms with Crippen LogP contribution in [0.25, 0.3) is 0 Å². The summed E-state index contributed by atoms with van der Waals surface area (Å²) in [6.07, 6.45) is 3.70. The van der Waals surface area contributed by atoms with Crippen LogP contribution in [0.1, 0.15) is 6.42 Å². The van der Waals surface area contributed by atoms with Gasteiger partial charge in [-0.15, -0.1) is 0 Å². The predicted molar refractivity (Wildman–Crippen MR) is 41.2 cm³/mol. The number of nitriles is 1. The van der Waals surface area contributed by atoms with E-state index >= 15 is 0 Å². The van der Waals surface area contributed by atoms with Crippen molar-refractivity contribution >= 4 is 12.1 Å². The van der Waals surface area contributed by atoms with Crippen molar-refractivity contribution in [2.45, 2.75) is 6.42 Å². The fraction of sp³-hybridized carbons (Fsp3) is 0.286. The zero-order chi connectivity index (χ0) is 8.10. The molecule has 0 radical (unpaired) electrons. The first-order chi connectivity index (χ1) is 5.36. The van der Waals surface area contributed by atoms with Gasteiger partial charge in [0.2, 0.25) is 5.84 Å². The van der Waals surface area contributed by atoms with E-state index in [0.29, 0.717) is 12.2 Å². The molecular formula is C7H7N3O. The Bertz CT molecular complexity index is 270. The van der Waals surface area contributed by atoms with Crippen LogP contribution in [0.5, 0.6) is 0 Å². The van der Waals surface area contributed by atoms with Crippen LogP contribution in [0, 0.1) is 11.3 Å². The van der Waals surface area contributed by atoms with Gasteiger partial charge in [-0.2, -0.15) is 5.26 Å². The molecule has 1 aliphatic rings. The van der Waals surface area contributed by atoms with E-state index in [2.05, 4.69) is 9.98 Å². The molecule has 0 bridgehead atoms. The topological polar surface area (TPSA) is 57.7 Å². The highest BCUT2D eigenvalue weighted by Crippen LogP contribution is 2.03. The number of hydrogen-bond acceptors (Lipinski definition) is 4. The van der Waals surface area contributed by atoms with Crippen LogP contribution in [-0.2, 0) is 4.74 Å². The maximum atomic E-state index is 8.41. The quantitative estimate of drug-likeness (QED) is 0.555. The molecule has 0 unspecified atom stereocenters. The minimum Gasteiger partial charge on any atom is -0.499 e. The summed E-state index contributed by atoms with van der Waals surface area (Å²) in [5.41, 5.74) is 0. The second kappa shape index (κ2) is 3.52. The van der Waals surface area contributed by atoms with E-state index in [1.807, 2.05) is 6.07 Å². The van der Waals surface area contributed by atoms with Crippen molar-refractivity contribution in [1.29, 1.82) is 5.26 Å². The number of rotatable bonds is 1. The molecule has 4 nitrogen and oxygen atoms in total. The SMILES string of the molecule is COC1=CN=C(C#N)N=CC1. The van der Waals surface area contributed by atoms with E-state index in [4.69, 9.17) is 10.00 Å². The van der Waals surface area contributed by atoms with E-state index in [-0.39, 0.29) is 5.84 Å². The maximum absolute atomic E-state index is 8.41. The lowest BCUT2D eigenvalue weighted by atomic mass is 10.4. The van der Waals surface area contributed by atoms with Crippen molar-refractivity contribution in [1.82, 2.24) is 0 Å². The van der Waals surface area contributed by atoms with Gasteiger partial charge in [0.15, 0.2) is 0 Å². The van der Waals surface area contributed by atoms with Gasteiger partial charge in [-0.1, -0.05) is 0 Å². The fourth-order valence-corrected chi connectivity index (χ4v) is 0.635. The summed E-state index contributed by atoms with van der Waals surface area (Å²) >= 11 is 0. The molecular weight excluding hydrogens is 142 g/mol. The van der Waals surface area contributed by atoms with E-state index in [1.54, 1.807) is 13.3 Å². The normalized spacial score (nSPS) is 16.0. The molecule has 0 aliphatic carbocycles. The average Bonchev–Trinajstić information content (AvgIpc) is 2.28. The molecule has 0 atom stereocenters. The zero-order valence-corrected chi connectivity index (χ0v) is 6.11. The van der Waals surface area contributed by atoms with E-state index in [1.165, 1.54) is 6.20 Å². The van der Waals surface area contributed by atoms with Crippen molar-refractivity contribution < 1.29 is 4.74 Å². The summed E-state index contributed by atoms with van der Waals surface area (Å²) in [5.74, 6) is 0.871. The third-order valence-electron chi connectivity index (χ3n) is 1.20. The molecule has 0 aromatic rings. The first-order valence-corrected chi connectivity index (χ1v) is 3.10. The lowest BCUT2D eigenvalue weighted by Gasteiger charge is -1.96. The van der Waals surface area contributed by atoms with Crippen molar-refractivity contribution in [3.63, 3.8) is 0 Å². The Labute approximate surface area is 64.5 Å². The van der Waals surface area contributed by atoms with Crippen LogP contribution < -0.4 is 0 Å². The van der Waals surface area contributed by atoms with Gasteiger partial charge in [-0.25, -0.2) is 9.98 Å². The Morgan fingerprint density at radius 3 is 3.18 bits per heavy atom. The third kappa shape index (κ3) is 1.90. The molecule has 11 heavy (non-hydrogen) atoms. The Kier molecular flexibility index (Phi) is 2.39. The highest BCUT2D eigenvalue weighted by Gasteiger charge is 1.98. The van der Waals surface area contributed by atoms with Gasteiger partial charge < -0.3 is 4.74 Å². The minimum absolute atomic E-state index is 0.164. The summed E-state index contributed by atoms with van der Waals surface area (Å²) in [4.78, 5) is 7.54. The molecule has 0 aromatic heterocycles. The van der Waals surface area contributed by atoms with E-state index in [0.717, 1.165) is 0 Å². The number of amidine groups is 1. The van der Waals surface area contributed by atoms with Crippen molar-refractivity contribution in [3.8, 4) is 6.07 Å². The van der Waals surface area contributed by atoms with Gasteiger partial charge in [0.1, 0.15) is 11.8 Å². The number of nitrogens with zero attached hydrogens (tertiary/aromatic N) is 3. The molecule has 0 fully saturated rings. The average molecular weight is 149 g/mol. The molecule has 0 amide bonds. The molecule has 0 spiro atoms. The molecule has 0 saturated carbocycles. The number of methoxy groups -OCH3 is 1. The van der Waals surface area contributed by atoms with Gasteiger partial charge in [0, 0.05) is 12.6 Å². The lowest BCUT2D eigenvalue weighted by molar-refractivity contribution is 0.287. The molecule has 0 aromatic carbocycles. The largest absolute Gasteiger partial charge is 0.499 e. The fourth-order valence-electron chi connectivity index (χ4n) is 0.635. The molecule has 1 rings (SSSR count). The van der Waals surface area contributed by atoms with Crippen molar-refractivity contribution in [2.75, 3.05) is 7.11 Å². The van der Waals surface area contributed by atoms with Crippen LogP contribution in [0.15, 0.2) is 21.9 Å². The van der Waals surface area contributed by atoms with Gasteiger partial charge in [0.05, 0.1) is 13.3 Å². The highest BCUT2D eigenvalue weighted by atomic mass is 16.5. The van der Waals surface area contributed by atoms with Crippen molar-refractivity contribution in [3.05, 3.63) is 12.0 Å². The number of hydrogen-bond donors (Lipinski definition) is 0. The van der Waals surface area contributed by atoms with Gasteiger partial charge in [-0.05, 0) is 0 Å². The predicted octanol–water partition coefficient (Wildman–Crippen LogP) is 0.871. The summed E-state index contributed by atoms with van der Waals surface area (Å²) in [5, 5.41) is 8.41. The highest BCUT2D eigenvalue weighted by molar-refractivity contribution is 6.02.